The van der Waals surface area contributed by atoms with Crippen LogP contribution in [0.25, 0.3) is 44.5 Å². The van der Waals surface area contributed by atoms with Crippen molar-refractivity contribution in [1.82, 2.24) is 0 Å². The van der Waals surface area contributed by atoms with E-state index in [9.17, 15) is 0 Å². The number of fused-ring (bicyclic) bond motifs is 6. The fourth-order valence-corrected chi connectivity index (χ4v) is 7.46. The molecule has 7 aromatic rings. The van der Waals surface area contributed by atoms with Crippen molar-refractivity contribution in [1.29, 1.82) is 0 Å². The molecule has 0 spiro atoms. The van der Waals surface area contributed by atoms with Crippen LogP contribution in [0.15, 0.2) is 164 Å². The lowest BCUT2D eigenvalue weighted by Crippen LogP contribution is -2.12. The van der Waals surface area contributed by atoms with Gasteiger partial charge >= 0.3 is 0 Å². The van der Waals surface area contributed by atoms with Gasteiger partial charge in [0, 0.05) is 16.9 Å². The number of nitrogens with zero attached hydrogens (tertiary/aromatic N) is 1. The molecule has 0 saturated heterocycles. The zero-order valence-electron chi connectivity index (χ0n) is 24.9. The van der Waals surface area contributed by atoms with Gasteiger partial charge in [-0.25, -0.2) is 0 Å². The molecule has 45 heavy (non-hydrogen) atoms. The van der Waals surface area contributed by atoms with Crippen LogP contribution in [0.2, 0.25) is 0 Å². The van der Waals surface area contributed by atoms with Gasteiger partial charge in [-0.1, -0.05) is 133 Å². The molecular weight excluding hydrogens is 542 g/mol. The summed E-state index contributed by atoms with van der Waals surface area (Å²) < 4.78 is 0. The summed E-state index contributed by atoms with van der Waals surface area (Å²) in [6.07, 6.45) is 1.92. The average molecular weight is 574 g/mol. The average Bonchev–Trinajstić information content (AvgIpc) is 3.67. The molecule has 0 radical (unpaired) electrons. The van der Waals surface area contributed by atoms with Crippen LogP contribution in [0.4, 0.5) is 17.1 Å². The second-order valence-electron chi connectivity index (χ2n) is 12.1. The first-order chi connectivity index (χ1) is 22.3. The number of anilines is 3. The standard InChI is InChI=1S/C44H31N/c1-3-12-30(13-4-1)42-20-11-21-43(44(42)31-14-5-2-6-15-31)45(36-22-24-40-34(28-36)26-32-16-7-9-18-38(32)40)37-23-25-41-35(29-37)27-33-17-8-10-19-39(33)41/h1-25,28-29H,26-27H2. The van der Waals surface area contributed by atoms with Crippen LogP contribution < -0.4 is 4.90 Å². The second-order valence-corrected chi connectivity index (χ2v) is 12.1. The third kappa shape index (κ3) is 4.31. The Labute approximate surface area is 264 Å². The molecule has 7 aromatic carbocycles. The second kappa shape index (κ2) is 10.5. The minimum absolute atomic E-state index is 0.961. The quantitative estimate of drug-likeness (QED) is 0.198. The van der Waals surface area contributed by atoms with Crippen molar-refractivity contribution >= 4 is 17.1 Å². The first-order valence-electron chi connectivity index (χ1n) is 15.8. The Balaban J connectivity index is 1.28. The predicted molar refractivity (Wildman–Crippen MR) is 188 cm³/mol. The fourth-order valence-electron chi connectivity index (χ4n) is 7.46. The maximum Gasteiger partial charge on any atom is 0.0546 e. The van der Waals surface area contributed by atoms with Gasteiger partial charge in [0.2, 0.25) is 0 Å². The minimum atomic E-state index is 0.961. The van der Waals surface area contributed by atoms with E-state index >= 15 is 0 Å². The van der Waals surface area contributed by atoms with Crippen molar-refractivity contribution in [3.63, 3.8) is 0 Å². The summed E-state index contributed by atoms with van der Waals surface area (Å²) >= 11 is 0. The Morgan fingerprint density at radius 3 is 1.38 bits per heavy atom. The SMILES string of the molecule is c1ccc(-c2cccc(N(c3ccc4c(c3)Cc3ccccc3-4)c3ccc4c(c3)Cc3ccccc3-4)c2-c2ccccc2)cc1. The molecule has 0 aliphatic heterocycles. The Bertz CT molecular complexity index is 2110. The Kier molecular flexibility index (Phi) is 6.02. The molecule has 0 fully saturated rings. The van der Waals surface area contributed by atoms with E-state index in [-0.39, 0.29) is 0 Å². The van der Waals surface area contributed by atoms with Crippen LogP contribution in [0, 0.1) is 0 Å². The van der Waals surface area contributed by atoms with Gasteiger partial charge in [0.15, 0.2) is 0 Å². The maximum atomic E-state index is 2.49. The van der Waals surface area contributed by atoms with Gasteiger partial charge in [-0.2, -0.15) is 0 Å². The van der Waals surface area contributed by atoms with Crippen LogP contribution in [0.3, 0.4) is 0 Å². The van der Waals surface area contributed by atoms with E-state index in [1.54, 1.807) is 0 Å². The lowest BCUT2D eigenvalue weighted by molar-refractivity contribution is 1.22. The van der Waals surface area contributed by atoms with Crippen LogP contribution in [-0.2, 0) is 12.8 Å². The molecule has 0 atom stereocenters. The van der Waals surface area contributed by atoms with Crippen molar-refractivity contribution in [2.45, 2.75) is 12.8 Å². The highest BCUT2D eigenvalue weighted by atomic mass is 15.1. The van der Waals surface area contributed by atoms with Gasteiger partial charge in [-0.15, -0.1) is 0 Å². The van der Waals surface area contributed by atoms with E-state index in [4.69, 9.17) is 0 Å². The first-order valence-corrected chi connectivity index (χ1v) is 15.8. The molecule has 0 bridgehead atoms. The zero-order chi connectivity index (χ0) is 29.7. The minimum Gasteiger partial charge on any atom is -0.310 e. The van der Waals surface area contributed by atoms with Crippen molar-refractivity contribution in [2.75, 3.05) is 4.90 Å². The monoisotopic (exact) mass is 573 g/mol. The van der Waals surface area contributed by atoms with E-state index < -0.39 is 0 Å². The highest BCUT2D eigenvalue weighted by molar-refractivity contribution is 5.97. The van der Waals surface area contributed by atoms with E-state index in [1.807, 2.05) is 0 Å². The van der Waals surface area contributed by atoms with Gasteiger partial charge in [-0.05, 0) is 104 Å². The smallest absolute Gasteiger partial charge is 0.0546 e. The summed E-state index contributed by atoms with van der Waals surface area (Å²) in [4.78, 5) is 2.49. The molecule has 0 amide bonds. The summed E-state index contributed by atoms with van der Waals surface area (Å²) in [5.41, 5.74) is 19.4. The maximum absolute atomic E-state index is 2.49. The predicted octanol–water partition coefficient (Wildman–Crippen LogP) is 11.6. The van der Waals surface area contributed by atoms with Gasteiger partial charge in [-0.3, -0.25) is 0 Å². The van der Waals surface area contributed by atoms with Crippen LogP contribution in [-0.4, -0.2) is 0 Å². The molecule has 2 aliphatic rings. The molecular formula is C44H31N. The number of benzene rings is 7. The van der Waals surface area contributed by atoms with Crippen LogP contribution in [0.1, 0.15) is 22.3 Å². The summed E-state index contributed by atoms with van der Waals surface area (Å²) in [6.45, 7) is 0. The third-order valence-electron chi connectivity index (χ3n) is 9.50. The Morgan fingerprint density at radius 2 is 0.800 bits per heavy atom. The Morgan fingerprint density at radius 1 is 0.333 bits per heavy atom. The van der Waals surface area contributed by atoms with Gasteiger partial charge in [0.25, 0.3) is 0 Å². The third-order valence-corrected chi connectivity index (χ3v) is 9.50. The largest absolute Gasteiger partial charge is 0.310 e. The molecule has 0 N–H and O–H groups in total. The van der Waals surface area contributed by atoms with Crippen LogP contribution >= 0.6 is 0 Å². The lowest BCUT2D eigenvalue weighted by atomic mass is 9.92. The molecule has 212 valence electrons. The van der Waals surface area contributed by atoms with Crippen molar-refractivity contribution < 1.29 is 0 Å². The summed E-state index contributed by atoms with van der Waals surface area (Å²) in [7, 11) is 0. The van der Waals surface area contributed by atoms with E-state index in [2.05, 4.69) is 169 Å². The molecule has 0 aromatic heterocycles. The highest BCUT2D eigenvalue weighted by Crippen LogP contribution is 2.48. The van der Waals surface area contributed by atoms with E-state index in [0.29, 0.717) is 0 Å². The lowest BCUT2D eigenvalue weighted by Gasteiger charge is -2.30. The fraction of sp³-hybridized carbons (Fsp3) is 0.0455. The summed E-state index contributed by atoms with van der Waals surface area (Å²) in [6, 6.07) is 60.2. The van der Waals surface area contributed by atoms with Gasteiger partial charge < -0.3 is 4.90 Å². The number of hydrogen-bond donors (Lipinski definition) is 0. The summed E-state index contributed by atoms with van der Waals surface area (Å²) in [5.74, 6) is 0. The normalized spacial score (nSPS) is 12.3. The molecule has 0 unspecified atom stereocenters. The molecule has 2 aliphatic carbocycles. The molecule has 0 heterocycles. The van der Waals surface area contributed by atoms with Gasteiger partial charge in [0.1, 0.15) is 0 Å². The van der Waals surface area contributed by atoms with E-state index in [1.165, 1.54) is 83.8 Å². The topological polar surface area (TPSA) is 3.24 Å². The number of hydrogen-bond acceptors (Lipinski definition) is 1. The summed E-state index contributed by atoms with van der Waals surface area (Å²) in [5, 5.41) is 0. The zero-order valence-corrected chi connectivity index (χ0v) is 24.9. The Hall–Kier alpha value is -5.66. The number of rotatable bonds is 5. The van der Waals surface area contributed by atoms with E-state index in [0.717, 1.165) is 12.8 Å². The van der Waals surface area contributed by atoms with Crippen molar-refractivity contribution in [3.8, 4) is 44.5 Å². The van der Waals surface area contributed by atoms with Crippen molar-refractivity contribution in [2.24, 2.45) is 0 Å². The molecule has 0 saturated carbocycles. The first kappa shape index (κ1) is 25.8. The highest BCUT2D eigenvalue weighted by Gasteiger charge is 2.25. The van der Waals surface area contributed by atoms with Gasteiger partial charge in [0.05, 0.1) is 5.69 Å². The van der Waals surface area contributed by atoms with Crippen LogP contribution in [0.5, 0.6) is 0 Å². The molecule has 9 rings (SSSR count). The van der Waals surface area contributed by atoms with Crippen molar-refractivity contribution in [3.05, 3.63) is 186 Å². The molecule has 1 heteroatoms. The molecule has 1 nitrogen and oxygen atoms in total.